The molecule has 5 nitrogen and oxygen atoms in total. The minimum atomic E-state index is 0.772. The Bertz CT molecular complexity index is 775. The van der Waals surface area contributed by atoms with Crippen molar-refractivity contribution >= 4 is 11.3 Å². The Morgan fingerprint density at radius 3 is 3.05 bits per heavy atom. The van der Waals surface area contributed by atoms with E-state index < -0.39 is 0 Å². The number of anilines is 1. The molecule has 1 aliphatic rings. The van der Waals surface area contributed by atoms with Gasteiger partial charge in [-0.15, -0.1) is 10.2 Å². The molecule has 0 atom stereocenters. The Labute approximate surface area is 110 Å². The number of benzene rings is 1. The van der Waals surface area contributed by atoms with Crippen molar-refractivity contribution < 1.29 is 0 Å². The summed E-state index contributed by atoms with van der Waals surface area (Å²) in [7, 11) is 0. The van der Waals surface area contributed by atoms with Crippen molar-refractivity contribution in [3.8, 4) is 11.4 Å². The third kappa shape index (κ3) is 1.58. The van der Waals surface area contributed by atoms with Crippen LogP contribution in [0.1, 0.15) is 11.3 Å². The van der Waals surface area contributed by atoms with Crippen molar-refractivity contribution in [2.45, 2.75) is 13.3 Å². The number of fused-ring (bicyclic) bond motifs is 2. The average molecular weight is 251 g/mol. The molecule has 0 fully saturated rings. The minimum Gasteiger partial charge on any atom is -0.384 e. The van der Waals surface area contributed by atoms with E-state index in [1.807, 2.05) is 19.1 Å². The lowest BCUT2D eigenvalue weighted by molar-refractivity contribution is 0.902. The maximum absolute atomic E-state index is 4.48. The summed E-state index contributed by atoms with van der Waals surface area (Å²) in [6, 6.07) is 10.2. The van der Waals surface area contributed by atoms with Gasteiger partial charge in [0.2, 0.25) is 0 Å². The summed E-state index contributed by atoms with van der Waals surface area (Å²) in [5.41, 5.74) is 5.32. The van der Waals surface area contributed by atoms with Gasteiger partial charge in [-0.2, -0.15) is 9.61 Å². The molecule has 0 saturated carbocycles. The molecule has 5 heteroatoms. The first-order valence-corrected chi connectivity index (χ1v) is 6.37. The molecule has 0 unspecified atom stereocenters. The smallest absolute Gasteiger partial charge is 0.185 e. The normalized spacial score (nSPS) is 13.5. The highest BCUT2D eigenvalue weighted by atomic mass is 15.4. The SMILES string of the molecule is Cc1ccc2nnc(-c3ccc4c(c3)NCC4)n2n1. The fourth-order valence-corrected chi connectivity index (χ4v) is 2.49. The van der Waals surface area contributed by atoms with Crippen LogP contribution < -0.4 is 5.32 Å². The molecule has 0 amide bonds. The van der Waals surface area contributed by atoms with Crippen molar-refractivity contribution in [1.82, 2.24) is 19.8 Å². The third-order valence-electron chi connectivity index (χ3n) is 3.47. The Morgan fingerprint density at radius 2 is 2.11 bits per heavy atom. The van der Waals surface area contributed by atoms with Crippen LogP contribution in [0.2, 0.25) is 0 Å². The molecule has 3 aromatic rings. The second-order valence-electron chi connectivity index (χ2n) is 4.82. The molecule has 0 spiro atoms. The second-order valence-corrected chi connectivity index (χ2v) is 4.82. The zero-order valence-electron chi connectivity index (χ0n) is 10.6. The maximum atomic E-state index is 4.48. The van der Waals surface area contributed by atoms with Gasteiger partial charge in [-0.05, 0) is 37.1 Å². The van der Waals surface area contributed by atoms with Crippen molar-refractivity contribution in [1.29, 1.82) is 0 Å². The highest BCUT2D eigenvalue weighted by Crippen LogP contribution is 2.28. The van der Waals surface area contributed by atoms with E-state index in [9.17, 15) is 0 Å². The van der Waals surface area contributed by atoms with Crippen LogP contribution in [0.5, 0.6) is 0 Å². The average Bonchev–Trinajstić information content (AvgIpc) is 3.03. The van der Waals surface area contributed by atoms with Gasteiger partial charge in [-0.1, -0.05) is 12.1 Å². The topological polar surface area (TPSA) is 55.1 Å². The van der Waals surface area contributed by atoms with Gasteiger partial charge in [0.1, 0.15) is 0 Å². The summed E-state index contributed by atoms with van der Waals surface area (Å²) in [6.07, 6.45) is 1.09. The Morgan fingerprint density at radius 1 is 1.16 bits per heavy atom. The minimum absolute atomic E-state index is 0.772. The molecule has 3 heterocycles. The van der Waals surface area contributed by atoms with Gasteiger partial charge < -0.3 is 5.32 Å². The van der Waals surface area contributed by atoms with E-state index in [1.54, 1.807) is 4.52 Å². The van der Waals surface area contributed by atoms with Gasteiger partial charge in [-0.25, -0.2) is 0 Å². The number of hydrogen-bond acceptors (Lipinski definition) is 4. The number of nitrogens with one attached hydrogen (secondary N) is 1. The molecule has 2 aromatic heterocycles. The fraction of sp³-hybridized carbons (Fsp3) is 0.214. The van der Waals surface area contributed by atoms with Gasteiger partial charge in [0.05, 0.1) is 5.69 Å². The molecule has 4 rings (SSSR count). The van der Waals surface area contributed by atoms with Gasteiger partial charge in [-0.3, -0.25) is 0 Å². The Balaban J connectivity index is 1.92. The first kappa shape index (κ1) is 10.5. The lowest BCUT2D eigenvalue weighted by Crippen LogP contribution is -1.97. The van der Waals surface area contributed by atoms with Gasteiger partial charge in [0.15, 0.2) is 11.5 Å². The summed E-state index contributed by atoms with van der Waals surface area (Å²) >= 11 is 0. The first-order valence-electron chi connectivity index (χ1n) is 6.37. The molecule has 1 N–H and O–H groups in total. The zero-order valence-corrected chi connectivity index (χ0v) is 10.6. The van der Waals surface area contributed by atoms with Crippen molar-refractivity contribution in [2.24, 2.45) is 0 Å². The summed E-state index contributed by atoms with van der Waals surface area (Å²) in [6.45, 7) is 2.98. The lowest BCUT2D eigenvalue weighted by atomic mass is 10.1. The van der Waals surface area contributed by atoms with Gasteiger partial charge in [0.25, 0.3) is 0 Å². The molecule has 0 radical (unpaired) electrons. The van der Waals surface area contributed by atoms with E-state index in [0.29, 0.717) is 0 Å². The monoisotopic (exact) mass is 251 g/mol. The molecule has 94 valence electrons. The Kier molecular flexibility index (Phi) is 2.09. The standard InChI is InChI=1S/C14H13N5/c1-9-2-5-13-16-17-14(19(13)18-9)11-4-3-10-6-7-15-12(10)8-11/h2-5,8,15H,6-7H2,1H3. The van der Waals surface area contributed by atoms with Gasteiger partial charge in [0, 0.05) is 17.8 Å². The number of aryl methyl sites for hydroxylation is 1. The molecule has 0 bridgehead atoms. The van der Waals surface area contributed by atoms with Crippen LogP contribution in [0.4, 0.5) is 5.69 Å². The van der Waals surface area contributed by atoms with E-state index in [-0.39, 0.29) is 0 Å². The third-order valence-corrected chi connectivity index (χ3v) is 3.47. The molecule has 0 aliphatic carbocycles. The van der Waals surface area contributed by atoms with Crippen LogP contribution in [0, 0.1) is 6.92 Å². The van der Waals surface area contributed by atoms with E-state index in [2.05, 4.69) is 38.8 Å². The lowest BCUT2D eigenvalue weighted by Gasteiger charge is -2.03. The molecule has 0 saturated heterocycles. The highest BCUT2D eigenvalue weighted by molar-refractivity contribution is 5.68. The predicted octanol–water partition coefficient (Wildman–Crippen LogP) is 2.07. The van der Waals surface area contributed by atoms with E-state index in [4.69, 9.17) is 0 Å². The molecular weight excluding hydrogens is 238 g/mol. The van der Waals surface area contributed by atoms with Crippen LogP contribution in [-0.2, 0) is 6.42 Å². The van der Waals surface area contributed by atoms with Crippen molar-refractivity contribution in [3.05, 3.63) is 41.6 Å². The maximum Gasteiger partial charge on any atom is 0.185 e. The Hall–Kier alpha value is -2.43. The van der Waals surface area contributed by atoms with E-state index in [1.165, 1.54) is 11.3 Å². The first-order chi connectivity index (χ1) is 9.31. The van der Waals surface area contributed by atoms with Crippen LogP contribution in [0.25, 0.3) is 17.0 Å². The predicted molar refractivity (Wildman–Crippen MR) is 73.1 cm³/mol. The van der Waals surface area contributed by atoms with Crippen molar-refractivity contribution in [3.63, 3.8) is 0 Å². The van der Waals surface area contributed by atoms with Gasteiger partial charge >= 0.3 is 0 Å². The van der Waals surface area contributed by atoms with E-state index in [0.717, 1.165) is 35.7 Å². The molecule has 1 aliphatic heterocycles. The molecule has 1 aromatic carbocycles. The largest absolute Gasteiger partial charge is 0.384 e. The summed E-state index contributed by atoms with van der Waals surface area (Å²) in [5.74, 6) is 0.787. The van der Waals surface area contributed by atoms with Crippen LogP contribution >= 0.6 is 0 Å². The fourth-order valence-electron chi connectivity index (χ4n) is 2.49. The quantitative estimate of drug-likeness (QED) is 0.719. The van der Waals surface area contributed by atoms with Crippen LogP contribution in [0.15, 0.2) is 30.3 Å². The number of rotatable bonds is 1. The number of hydrogen-bond donors (Lipinski definition) is 1. The molecular formula is C14H13N5. The molecule has 19 heavy (non-hydrogen) atoms. The summed E-state index contributed by atoms with van der Waals surface area (Å²) < 4.78 is 1.80. The summed E-state index contributed by atoms with van der Waals surface area (Å²) in [4.78, 5) is 0. The second kappa shape index (κ2) is 3.78. The van der Waals surface area contributed by atoms with Crippen LogP contribution in [-0.4, -0.2) is 26.4 Å². The summed E-state index contributed by atoms with van der Waals surface area (Å²) in [5, 5.41) is 16.3. The number of aromatic nitrogens is 4. The van der Waals surface area contributed by atoms with Crippen LogP contribution in [0.3, 0.4) is 0 Å². The van der Waals surface area contributed by atoms with E-state index >= 15 is 0 Å². The highest BCUT2D eigenvalue weighted by Gasteiger charge is 2.14. The number of nitrogens with zero attached hydrogens (tertiary/aromatic N) is 4. The van der Waals surface area contributed by atoms with Crippen molar-refractivity contribution in [2.75, 3.05) is 11.9 Å². The zero-order chi connectivity index (χ0) is 12.8.